The molecule has 3 nitrogen and oxygen atoms in total. The van der Waals surface area contributed by atoms with E-state index in [0.29, 0.717) is 12.1 Å². The molecular weight excluding hydrogens is 178 g/mol. The Balaban J connectivity index is 2.21. The lowest BCUT2D eigenvalue weighted by atomic mass is 9.89. The van der Waals surface area contributed by atoms with Crippen molar-refractivity contribution in [1.29, 1.82) is 0 Å². The molecule has 1 aliphatic rings. The van der Waals surface area contributed by atoms with Crippen molar-refractivity contribution in [2.24, 2.45) is 5.73 Å². The molecule has 0 aliphatic heterocycles. The van der Waals surface area contributed by atoms with Crippen LogP contribution in [0.15, 0.2) is 28.3 Å². The van der Waals surface area contributed by atoms with Crippen molar-refractivity contribution in [2.45, 2.75) is 25.7 Å². The summed E-state index contributed by atoms with van der Waals surface area (Å²) < 4.78 is 5.48. The molecule has 14 heavy (non-hydrogen) atoms. The first kappa shape index (κ1) is 9.06. The summed E-state index contributed by atoms with van der Waals surface area (Å²) >= 11 is 0. The summed E-state index contributed by atoms with van der Waals surface area (Å²) in [5.74, 6) is 1.96. The molecule has 1 aromatic heterocycles. The summed E-state index contributed by atoms with van der Waals surface area (Å²) in [5, 5.41) is 0. The molecule has 0 unspecified atom stereocenters. The Morgan fingerprint density at radius 3 is 2.79 bits per heavy atom. The Bertz CT molecular complexity index is 390. The molecule has 1 atom stereocenters. The van der Waals surface area contributed by atoms with Crippen molar-refractivity contribution in [3.8, 4) is 0 Å². The zero-order valence-corrected chi connectivity index (χ0v) is 8.12. The Labute approximate surface area is 82.6 Å². The van der Waals surface area contributed by atoms with E-state index in [2.05, 4.69) is 0 Å². The van der Waals surface area contributed by atoms with Gasteiger partial charge in [0.2, 0.25) is 0 Å². The fourth-order valence-corrected chi connectivity index (χ4v) is 1.80. The van der Waals surface area contributed by atoms with E-state index in [4.69, 9.17) is 10.2 Å². The van der Waals surface area contributed by atoms with Gasteiger partial charge < -0.3 is 10.2 Å². The van der Waals surface area contributed by atoms with Crippen LogP contribution in [0, 0.1) is 6.92 Å². The molecule has 2 rings (SSSR count). The smallest absolute Gasteiger partial charge is 0.158 e. The Kier molecular flexibility index (Phi) is 2.15. The predicted molar refractivity (Wildman–Crippen MR) is 52.7 cm³/mol. The Hall–Kier alpha value is -1.51. The lowest BCUT2D eigenvalue weighted by molar-refractivity contribution is -0.115. The highest BCUT2D eigenvalue weighted by molar-refractivity contribution is 5.91. The molecule has 0 saturated carbocycles. The van der Waals surface area contributed by atoms with E-state index in [1.54, 1.807) is 0 Å². The minimum Gasteiger partial charge on any atom is -0.466 e. The van der Waals surface area contributed by atoms with E-state index in [1.807, 2.05) is 19.1 Å². The molecule has 0 fully saturated rings. The average Bonchev–Trinajstić information content (AvgIpc) is 2.50. The van der Waals surface area contributed by atoms with Crippen LogP contribution in [0.3, 0.4) is 0 Å². The molecule has 0 aromatic carbocycles. The third kappa shape index (κ3) is 1.71. The second-order valence-corrected chi connectivity index (χ2v) is 3.74. The highest BCUT2D eigenvalue weighted by Gasteiger charge is 2.23. The molecule has 1 aliphatic carbocycles. The van der Waals surface area contributed by atoms with E-state index >= 15 is 0 Å². The number of hydrogen-bond acceptors (Lipinski definition) is 3. The van der Waals surface area contributed by atoms with Gasteiger partial charge in [0.25, 0.3) is 0 Å². The molecule has 2 N–H and O–H groups in total. The van der Waals surface area contributed by atoms with Crippen molar-refractivity contribution in [1.82, 2.24) is 0 Å². The minimum absolute atomic E-state index is 0.0906. The largest absolute Gasteiger partial charge is 0.466 e. The number of nitrogens with two attached hydrogens (primary N) is 1. The first-order valence-corrected chi connectivity index (χ1v) is 4.70. The van der Waals surface area contributed by atoms with Gasteiger partial charge in [-0.3, -0.25) is 4.79 Å². The fraction of sp³-hybridized carbons (Fsp3) is 0.364. The van der Waals surface area contributed by atoms with E-state index in [9.17, 15) is 4.79 Å². The van der Waals surface area contributed by atoms with E-state index in [1.165, 1.54) is 6.08 Å². The van der Waals surface area contributed by atoms with Crippen LogP contribution in [-0.2, 0) is 4.79 Å². The second-order valence-electron chi connectivity index (χ2n) is 3.74. The quantitative estimate of drug-likeness (QED) is 0.737. The molecular formula is C11H13NO2. The Morgan fingerprint density at radius 2 is 2.21 bits per heavy atom. The zero-order chi connectivity index (χ0) is 10.1. The molecule has 74 valence electrons. The summed E-state index contributed by atoms with van der Waals surface area (Å²) in [7, 11) is 0. The third-order valence-electron chi connectivity index (χ3n) is 2.44. The fourth-order valence-electron chi connectivity index (χ4n) is 1.80. The van der Waals surface area contributed by atoms with Crippen molar-refractivity contribution in [3.63, 3.8) is 0 Å². The molecule has 1 aromatic rings. The van der Waals surface area contributed by atoms with Crippen molar-refractivity contribution < 1.29 is 9.21 Å². The number of allylic oxidation sites excluding steroid dienone is 2. The van der Waals surface area contributed by atoms with Crippen molar-refractivity contribution in [3.05, 3.63) is 35.4 Å². The number of furan rings is 1. The van der Waals surface area contributed by atoms with Crippen LogP contribution >= 0.6 is 0 Å². The number of rotatable bonds is 1. The minimum atomic E-state index is 0.0906. The summed E-state index contributed by atoms with van der Waals surface area (Å²) in [6, 6.07) is 3.83. The maximum absolute atomic E-state index is 11.3. The number of hydrogen-bond donors (Lipinski definition) is 1. The molecule has 1 heterocycles. The highest BCUT2D eigenvalue weighted by atomic mass is 16.3. The first-order valence-electron chi connectivity index (χ1n) is 4.70. The van der Waals surface area contributed by atoms with Gasteiger partial charge in [-0.15, -0.1) is 0 Å². The van der Waals surface area contributed by atoms with Gasteiger partial charge in [-0.2, -0.15) is 0 Å². The standard InChI is InChI=1S/C11H13NO2/c1-7-2-3-11(14-7)8-4-9(12)6-10(13)5-8/h2-3,6,8H,4-5,12H2,1H3/t8-/m1/s1. The van der Waals surface area contributed by atoms with Gasteiger partial charge in [0.1, 0.15) is 11.5 Å². The van der Waals surface area contributed by atoms with Gasteiger partial charge in [-0.1, -0.05) is 0 Å². The maximum atomic E-state index is 11.3. The summed E-state index contributed by atoms with van der Waals surface area (Å²) in [4.78, 5) is 11.3. The normalized spacial score (nSPS) is 22.2. The van der Waals surface area contributed by atoms with E-state index in [-0.39, 0.29) is 11.7 Å². The lowest BCUT2D eigenvalue weighted by Crippen LogP contribution is -2.16. The molecule has 3 heteroatoms. The molecule has 0 radical (unpaired) electrons. The van der Waals surface area contributed by atoms with Crippen LogP contribution in [0.1, 0.15) is 30.3 Å². The highest BCUT2D eigenvalue weighted by Crippen LogP contribution is 2.30. The molecule has 0 bridgehead atoms. The number of carbonyl (C=O) groups excluding carboxylic acids is 1. The van der Waals surface area contributed by atoms with Crippen LogP contribution in [0.25, 0.3) is 0 Å². The number of ketones is 1. The predicted octanol–water partition coefficient (Wildman–Crippen LogP) is 1.88. The average molecular weight is 191 g/mol. The first-order chi connectivity index (χ1) is 6.65. The van der Waals surface area contributed by atoms with Crippen LogP contribution < -0.4 is 5.73 Å². The van der Waals surface area contributed by atoms with Gasteiger partial charge in [0.15, 0.2) is 5.78 Å². The monoisotopic (exact) mass is 191 g/mol. The Morgan fingerprint density at radius 1 is 1.43 bits per heavy atom. The molecule has 0 spiro atoms. The van der Waals surface area contributed by atoms with Crippen LogP contribution in [0.4, 0.5) is 0 Å². The van der Waals surface area contributed by atoms with Crippen LogP contribution in [-0.4, -0.2) is 5.78 Å². The number of carbonyl (C=O) groups is 1. The van der Waals surface area contributed by atoms with Gasteiger partial charge >= 0.3 is 0 Å². The SMILES string of the molecule is Cc1ccc([C@H]2CC(=O)C=C(N)C2)o1. The zero-order valence-electron chi connectivity index (χ0n) is 8.12. The number of aryl methyl sites for hydroxylation is 1. The van der Waals surface area contributed by atoms with Crippen molar-refractivity contribution in [2.75, 3.05) is 0 Å². The maximum Gasteiger partial charge on any atom is 0.158 e. The van der Waals surface area contributed by atoms with Gasteiger partial charge in [0.05, 0.1) is 0 Å². The molecule has 0 amide bonds. The van der Waals surface area contributed by atoms with Crippen LogP contribution in [0.2, 0.25) is 0 Å². The van der Waals surface area contributed by atoms with Crippen LogP contribution in [0.5, 0.6) is 0 Å². The second kappa shape index (κ2) is 3.33. The van der Waals surface area contributed by atoms with Gasteiger partial charge in [0, 0.05) is 18.0 Å². The van der Waals surface area contributed by atoms with Gasteiger partial charge in [-0.25, -0.2) is 0 Å². The van der Waals surface area contributed by atoms with Gasteiger partial charge in [-0.05, 0) is 31.6 Å². The van der Waals surface area contributed by atoms with E-state index in [0.717, 1.165) is 17.9 Å². The van der Waals surface area contributed by atoms with Crippen molar-refractivity contribution >= 4 is 5.78 Å². The topological polar surface area (TPSA) is 56.2 Å². The summed E-state index contributed by atoms with van der Waals surface area (Å²) in [5.41, 5.74) is 6.31. The molecule has 0 saturated heterocycles. The van der Waals surface area contributed by atoms with E-state index < -0.39 is 0 Å². The lowest BCUT2D eigenvalue weighted by Gasteiger charge is -2.17. The third-order valence-corrected chi connectivity index (χ3v) is 2.44. The summed E-state index contributed by atoms with van der Waals surface area (Å²) in [6.45, 7) is 1.90. The summed E-state index contributed by atoms with van der Waals surface area (Å²) in [6.07, 6.45) is 2.75.